The Kier molecular flexibility index (Phi) is 6.52. The molecule has 0 saturated heterocycles. The first-order valence-electron chi connectivity index (χ1n) is 6.79. The van der Waals surface area contributed by atoms with Gasteiger partial charge in [-0.05, 0) is 38.2 Å². The second-order valence-corrected chi connectivity index (χ2v) is 5.04. The molecule has 0 radical (unpaired) electrons. The molecule has 1 aromatic carbocycles. The predicted molar refractivity (Wildman–Crippen MR) is 88.2 cm³/mol. The molecule has 2 aromatic rings. The van der Waals surface area contributed by atoms with Crippen molar-refractivity contribution in [3.05, 3.63) is 30.0 Å². The topological polar surface area (TPSA) is 57.4 Å². The fraction of sp³-hybridized carbons (Fsp3) is 0.400. The third kappa shape index (κ3) is 4.37. The Morgan fingerprint density at radius 2 is 2.14 bits per heavy atom. The maximum absolute atomic E-state index is 11.7. The van der Waals surface area contributed by atoms with E-state index in [1.54, 1.807) is 0 Å². The van der Waals surface area contributed by atoms with Crippen LogP contribution in [-0.4, -0.2) is 36.7 Å². The third-order valence-corrected chi connectivity index (χ3v) is 2.95. The lowest BCUT2D eigenvalue weighted by Gasteiger charge is -2.11. The van der Waals surface area contributed by atoms with Crippen molar-refractivity contribution in [3.63, 3.8) is 0 Å². The van der Waals surface area contributed by atoms with Crippen LogP contribution < -0.4 is 5.32 Å². The number of carbonyl (C=O) groups excluding carboxylic acids is 1. The van der Waals surface area contributed by atoms with Gasteiger partial charge in [-0.25, -0.2) is 4.79 Å². The SMILES string of the molecule is CCCOC(=O)Nc1cccc2[nH]cc(CN(C)C)c12.Cl. The summed E-state index contributed by atoms with van der Waals surface area (Å²) in [5, 5.41) is 3.86. The minimum absolute atomic E-state index is 0. The molecule has 5 nitrogen and oxygen atoms in total. The summed E-state index contributed by atoms with van der Waals surface area (Å²) in [6.45, 7) is 3.21. The first-order chi connectivity index (χ1) is 9.61. The van der Waals surface area contributed by atoms with Crippen molar-refractivity contribution >= 4 is 35.1 Å². The van der Waals surface area contributed by atoms with Gasteiger partial charge in [0, 0.05) is 23.6 Å². The molecule has 21 heavy (non-hydrogen) atoms. The number of anilines is 1. The summed E-state index contributed by atoms with van der Waals surface area (Å²) in [4.78, 5) is 17.0. The van der Waals surface area contributed by atoms with Gasteiger partial charge in [0.05, 0.1) is 12.3 Å². The van der Waals surface area contributed by atoms with E-state index in [1.165, 1.54) is 0 Å². The number of fused-ring (bicyclic) bond motifs is 1. The molecule has 0 aliphatic carbocycles. The van der Waals surface area contributed by atoms with Gasteiger partial charge in [0.2, 0.25) is 0 Å². The fourth-order valence-corrected chi connectivity index (χ4v) is 2.17. The van der Waals surface area contributed by atoms with Gasteiger partial charge in [-0.1, -0.05) is 13.0 Å². The molecule has 2 rings (SSSR count). The van der Waals surface area contributed by atoms with Gasteiger partial charge < -0.3 is 14.6 Å². The standard InChI is InChI=1S/C15H21N3O2.ClH/c1-4-8-20-15(19)17-13-7-5-6-12-14(13)11(9-16-12)10-18(2)3;/h5-7,9,16H,4,8,10H2,1-3H3,(H,17,19);1H. The highest BCUT2D eigenvalue weighted by Gasteiger charge is 2.11. The van der Waals surface area contributed by atoms with Crippen molar-refractivity contribution in [2.45, 2.75) is 19.9 Å². The molecule has 1 heterocycles. The highest BCUT2D eigenvalue weighted by atomic mass is 35.5. The number of nitrogens with one attached hydrogen (secondary N) is 2. The third-order valence-electron chi connectivity index (χ3n) is 2.95. The van der Waals surface area contributed by atoms with E-state index in [1.807, 2.05) is 45.4 Å². The van der Waals surface area contributed by atoms with Gasteiger partial charge >= 0.3 is 6.09 Å². The van der Waals surface area contributed by atoms with Crippen LogP contribution in [0.15, 0.2) is 24.4 Å². The number of H-pyrrole nitrogens is 1. The van der Waals surface area contributed by atoms with Crippen molar-refractivity contribution in [2.75, 3.05) is 26.0 Å². The minimum Gasteiger partial charge on any atom is -0.449 e. The maximum Gasteiger partial charge on any atom is 0.411 e. The molecule has 6 heteroatoms. The van der Waals surface area contributed by atoms with Crippen LogP contribution >= 0.6 is 12.4 Å². The van der Waals surface area contributed by atoms with Crippen molar-refractivity contribution in [1.29, 1.82) is 0 Å². The van der Waals surface area contributed by atoms with Crippen LogP contribution in [0.3, 0.4) is 0 Å². The maximum atomic E-state index is 11.7. The molecule has 0 bridgehead atoms. The van der Waals surface area contributed by atoms with E-state index in [-0.39, 0.29) is 12.4 Å². The molecule has 0 aliphatic heterocycles. The Bertz CT molecular complexity index is 596. The molecule has 2 N–H and O–H groups in total. The summed E-state index contributed by atoms with van der Waals surface area (Å²) in [7, 11) is 4.04. The molecule has 1 amide bonds. The number of hydrogen-bond donors (Lipinski definition) is 2. The normalized spacial score (nSPS) is 10.5. The van der Waals surface area contributed by atoms with E-state index in [4.69, 9.17) is 4.74 Å². The van der Waals surface area contributed by atoms with E-state index in [0.717, 1.165) is 35.1 Å². The van der Waals surface area contributed by atoms with Gasteiger partial charge in [0.15, 0.2) is 0 Å². The molecular weight excluding hydrogens is 290 g/mol. The summed E-state index contributed by atoms with van der Waals surface area (Å²) < 4.78 is 5.07. The number of ether oxygens (including phenoxy) is 1. The van der Waals surface area contributed by atoms with Crippen molar-refractivity contribution in [1.82, 2.24) is 9.88 Å². The van der Waals surface area contributed by atoms with Crippen molar-refractivity contribution in [2.24, 2.45) is 0 Å². The number of aromatic nitrogens is 1. The molecule has 0 saturated carbocycles. The first-order valence-corrected chi connectivity index (χ1v) is 6.79. The lowest BCUT2D eigenvalue weighted by Crippen LogP contribution is -2.15. The zero-order valence-corrected chi connectivity index (χ0v) is 13.4. The molecule has 0 unspecified atom stereocenters. The van der Waals surface area contributed by atoms with Gasteiger partial charge in [-0.3, -0.25) is 5.32 Å². The van der Waals surface area contributed by atoms with E-state index < -0.39 is 6.09 Å². The van der Waals surface area contributed by atoms with E-state index in [2.05, 4.69) is 15.2 Å². The second kappa shape index (κ2) is 7.90. The predicted octanol–water partition coefficient (Wildman–Crippen LogP) is 3.61. The van der Waals surface area contributed by atoms with E-state index >= 15 is 0 Å². The smallest absolute Gasteiger partial charge is 0.411 e. The van der Waals surface area contributed by atoms with Crippen LogP contribution in [0, 0.1) is 0 Å². The number of halogens is 1. The largest absolute Gasteiger partial charge is 0.449 e. The summed E-state index contributed by atoms with van der Waals surface area (Å²) >= 11 is 0. The van der Waals surface area contributed by atoms with E-state index in [0.29, 0.717) is 6.61 Å². The van der Waals surface area contributed by atoms with Crippen LogP contribution in [0.2, 0.25) is 0 Å². The Morgan fingerprint density at radius 3 is 2.81 bits per heavy atom. The molecule has 0 atom stereocenters. The molecular formula is C15H22ClN3O2. The Morgan fingerprint density at radius 1 is 1.38 bits per heavy atom. The monoisotopic (exact) mass is 311 g/mol. The van der Waals surface area contributed by atoms with Crippen LogP contribution in [-0.2, 0) is 11.3 Å². The lowest BCUT2D eigenvalue weighted by atomic mass is 10.1. The number of hydrogen-bond acceptors (Lipinski definition) is 3. The number of benzene rings is 1. The number of amides is 1. The fourth-order valence-electron chi connectivity index (χ4n) is 2.17. The molecule has 1 aromatic heterocycles. The molecule has 0 aliphatic rings. The van der Waals surface area contributed by atoms with Crippen molar-refractivity contribution < 1.29 is 9.53 Å². The first kappa shape index (κ1) is 17.3. The number of aromatic amines is 1. The summed E-state index contributed by atoms with van der Waals surface area (Å²) in [6, 6.07) is 5.80. The van der Waals surface area contributed by atoms with Crippen LogP contribution in [0.4, 0.5) is 10.5 Å². The van der Waals surface area contributed by atoms with Crippen LogP contribution in [0.5, 0.6) is 0 Å². The molecule has 116 valence electrons. The average Bonchev–Trinajstić information content (AvgIpc) is 2.80. The van der Waals surface area contributed by atoms with Crippen LogP contribution in [0.25, 0.3) is 10.9 Å². The lowest BCUT2D eigenvalue weighted by molar-refractivity contribution is 0.162. The van der Waals surface area contributed by atoms with E-state index in [9.17, 15) is 4.79 Å². The number of nitrogens with zero attached hydrogens (tertiary/aromatic N) is 1. The zero-order chi connectivity index (χ0) is 14.5. The van der Waals surface area contributed by atoms with Crippen LogP contribution in [0.1, 0.15) is 18.9 Å². The van der Waals surface area contributed by atoms with Crippen molar-refractivity contribution in [3.8, 4) is 0 Å². The van der Waals surface area contributed by atoms with Gasteiger partial charge in [0.25, 0.3) is 0 Å². The zero-order valence-electron chi connectivity index (χ0n) is 12.6. The summed E-state index contributed by atoms with van der Waals surface area (Å²) in [6.07, 6.45) is 2.39. The average molecular weight is 312 g/mol. The highest BCUT2D eigenvalue weighted by molar-refractivity contribution is 6.00. The Balaban J connectivity index is 0.00000220. The minimum atomic E-state index is -0.406. The number of rotatable bonds is 5. The van der Waals surface area contributed by atoms with Gasteiger partial charge in [-0.2, -0.15) is 0 Å². The summed E-state index contributed by atoms with van der Waals surface area (Å²) in [5.74, 6) is 0. The van der Waals surface area contributed by atoms with Gasteiger partial charge in [0.1, 0.15) is 0 Å². The molecule has 0 fully saturated rings. The summed E-state index contributed by atoms with van der Waals surface area (Å²) in [5.41, 5.74) is 2.94. The Hall–Kier alpha value is -1.72. The molecule has 0 spiro atoms. The quantitative estimate of drug-likeness (QED) is 0.887. The Labute approximate surface area is 131 Å². The van der Waals surface area contributed by atoms with Gasteiger partial charge in [-0.15, -0.1) is 12.4 Å². The number of carbonyl (C=O) groups is 1. The second-order valence-electron chi connectivity index (χ2n) is 5.04. The highest BCUT2D eigenvalue weighted by Crippen LogP contribution is 2.27.